The highest BCUT2D eigenvalue weighted by Crippen LogP contribution is 2.28. The molecule has 0 aliphatic heterocycles. The molecule has 0 fully saturated rings. The summed E-state index contributed by atoms with van der Waals surface area (Å²) in [6.45, 7) is 7.08. The fourth-order valence-electron chi connectivity index (χ4n) is 4.21. The number of amides is 1. The summed E-state index contributed by atoms with van der Waals surface area (Å²) in [7, 11) is 0. The molecule has 0 radical (unpaired) electrons. The summed E-state index contributed by atoms with van der Waals surface area (Å²) in [5, 5.41) is 30.9. The average Bonchev–Trinajstić information content (AvgIpc) is 3.52. The molecule has 0 atom stereocenters. The van der Waals surface area contributed by atoms with Crippen LogP contribution in [0.2, 0.25) is 0 Å². The number of aryl methyl sites for hydroxylation is 1. The Labute approximate surface area is 215 Å². The minimum absolute atomic E-state index is 0.0328. The van der Waals surface area contributed by atoms with Gasteiger partial charge in [0, 0.05) is 28.4 Å². The Bertz CT molecular complexity index is 1750. The number of pyridine rings is 1. The second-order valence-corrected chi connectivity index (χ2v) is 9.87. The summed E-state index contributed by atoms with van der Waals surface area (Å²) < 4.78 is 16.0. The van der Waals surface area contributed by atoms with Crippen molar-refractivity contribution in [2.75, 3.05) is 5.32 Å². The van der Waals surface area contributed by atoms with Gasteiger partial charge in [-0.3, -0.25) is 19.8 Å². The highest BCUT2D eigenvalue weighted by Gasteiger charge is 2.23. The molecule has 194 valence electrons. The Morgan fingerprint density at radius 2 is 1.92 bits per heavy atom. The van der Waals surface area contributed by atoms with Crippen molar-refractivity contribution in [2.24, 2.45) is 0 Å². The van der Waals surface area contributed by atoms with Crippen LogP contribution in [0.1, 0.15) is 48.0 Å². The molecule has 12 heteroatoms. The molecule has 5 rings (SSSR count). The van der Waals surface area contributed by atoms with Crippen molar-refractivity contribution in [1.29, 1.82) is 0 Å². The number of aliphatic hydroxyl groups is 1. The summed E-state index contributed by atoms with van der Waals surface area (Å²) in [5.74, 6) is -1.22. The van der Waals surface area contributed by atoms with Gasteiger partial charge in [-0.1, -0.05) is 20.8 Å². The van der Waals surface area contributed by atoms with Crippen LogP contribution in [0.5, 0.6) is 0 Å². The van der Waals surface area contributed by atoms with E-state index in [0.717, 1.165) is 15.9 Å². The molecule has 1 aromatic carbocycles. The molecule has 1 amide bonds. The molecule has 0 aliphatic carbocycles. The van der Waals surface area contributed by atoms with Crippen molar-refractivity contribution in [3.63, 3.8) is 0 Å². The molecule has 4 heterocycles. The molecular formula is C26H25FN8O3. The number of benzene rings is 1. The van der Waals surface area contributed by atoms with Crippen molar-refractivity contribution in [1.82, 2.24) is 35.2 Å². The largest absolute Gasteiger partial charge is 0.391 e. The predicted molar refractivity (Wildman–Crippen MR) is 139 cm³/mol. The summed E-state index contributed by atoms with van der Waals surface area (Å²) in [6, 6.07) is 4.56. The second-order valence-electron chi connectivity index (χ2n) is 9.87. The molecule has 0 saturated heterocycles. The van der Waals surface area contributed by atoms with Crippen LogP contribution in [0.3, 0.4) is 0 Å². The highest BCUT2D eigenvalue weighted by atomic mass is 19.1. The highest BCUT2D eigenvalue weighted by molar-refractivity contribution is 6.08. The van der Waals surface area contributed by atoms with Gasteiger partial charge in [0.15, 0.2) is 5.82 Å². The minimum Gasteiger partial charge on any atom is -0.391 e. The molecule has 5 aromatic rings. The lowest BCUT2D eigenvalue weighted by molar-refractivity contribution is 0.102. The molecule has 38 heavy (non-hydrogen) atoms. The fourth-order valence-corrected chi connectivity index (χ4v) is 4.21. The van der Waals surface area contributed by atoms with E-state index in [-0.39, 0.29) is 33.4 Å². The number of aromatic amines is 2. The number of hydrogen-bond donors (Lipinski definition) is 4. The first kappa shape index (κ1) is 25.0. The summed E-state index contributed by atoms with van der Waals surface area (Å²) in [5.41, 5.74) is 2.13. The van der Waals surface area contributed by atoms with Crippen LogP contribution in [0.4, 0.5) is 10.1 Å². The van der Waals surface area contributed by atoms with Crippen LogP contribution in [-0.2, 0) is 12.0 Å². The summed E-state index contributed by atoms with van der Waals surface area (Å²) in [6.07, 6.45) is 5.69. The Hall–Kier alpha value is -4.71. The molecule has 0 aliphatic rings. The van der Waals surface area contributed by atoms with Crippen molar-refractivity contribution in [3.8, 4) is 17.1 Å². The number of nitrogens with one attached hydrogen (secondary N) is 3. The van der Waals surface area contributed by atoms with Gasteiger partial charge in [-0.15, -0.1) is 0 Å². The Morgan fingerprint density at radius 1 is 1.16 bits per heavy atom. The van der Waals surface area contributed by atoms with Crippen molar-refractivity contribution in [3.05, 3.63) is 81.5 Å². The first-order valence-electron chi connectivity index (χ1n) is 11.8. The van der Waals surface area contributed by atoms with Gasteiger partial charge in [-0.25, -0.2) is 9.37 Å². The van der Waals surface area contributed by atoms with Crippen molar-refractivity contribution < 1.29 is 14.3 Å². The van der Waals surface area contributed by atoms with Crippen LogP contribution >= 0.6 is 0 Å². The molecule has 0 unspecified atom stereocenters. The molecule has 11 nitrogen and oxygen atoms in total. The van der Waals surface area contributed by atoms with Crippen LogP contribution < -0.4 is 10.9 Å². The van der Waals surface area contributed by atoms with Crippen LogP contribution in [-0.4, -0.2) is 46.2 Å². The third kappa shape index (κ3) is 4.24. The van der Waals surface area contributed by atoms with Gasteiger partial charge >= 0.3 is 0 Å². The van der Waals surface area contributed by atoms with Crippen molar-refractivity contribution in [2.45, 2.75) is 39.7 Å². The Kier molecular flexibility index (Phi) is 6.11. The van der Waals surface area contributed by atoms with Gasteiger partial charge in [0.1, 0.15) is 5.82 Å². The average molecular weight is 517 g/mol. The van der Waals surface area contributed by atoms with E-state index >= 15 is 4.39 Å². The zero-order valence-corrected chi connectivity index (χ0v) is 21.1. The standard InChI is InChI=1S/C26H25FN8O3/c1-13-16(10-29-33-13)22-17(11-30-34-22)24(37)32-20-5-6-28-23(18(20)12-36)35-25(38)21-14(9-31-35)7-15(8-19(21)27)26(2,3)4/h5-11,36H,12H2,1-4H3,(H,29,33)(H,30,34)(H,28,32,37). The van der Waals surface area contributed by atoms with Crippen molar-refractivity contribution >= 4 is 22.4 Å². The summed E-state index contributed by atoms with van der Waals surface area (Å²) >= 11 is 0. The maximum Gasteiger partial charge on any atom is 0.283 e. The second kappa shape index (κ2) is 9.30. The number of halogens is 1. The predicted octanol–water partition coefficient (Wildman–Crippen LogP) is 3.38. The Balaban J connectivity index is 1.56. The van der Waals surface area contributed by atoms with E-state index in [1.807, 2.05) is 27.7 Å². The minimum atomic E-state index is -0.737. The number of carbonyl (C=O) groups is 1. The number of aliphatic hydroxyl groups excluding tert-OH is 1. The third-order valence-corrected chi connectivity index (χ3v) is 6.33. The SMILES string of the molecule is Cc1[nH]ncc1-c1[nH]ncc1C(=O)Nc1ccnc(-n2ncc3cc(C(C)(C)C)cc(F)c3c2=O)c1CO. The maximum absolute atomic E-state index is 15.1. The van der Waals surface area contributed by atoms with E-state index < -0.39 is 23.9 Å². The zero-order chi connectivity index (χ0) is 27.2. The van der Waals surface area contributed by atoms with Gasteiger partial charge in [-0.2, -0.15) is 20.0 Å². The number of anilines is 1. The lowest BCUT2D eigenvalue weighted by atomic mass is 9.86. The van der Waals surface area contributed by atoms with Gasteiger partial charge in [-0.05, 0) is 36.1 Å². The number of fused-ring (bicyclic) bond motifs is 1. The summed E-state index contributed by atoms with van der Waals surface area (Å²) in [4.78, 5) is 30.7. The molecule has 0 spiro atoms. The van der Waals surface area contributed by atoms with E-state index in [2.05, 4.69) is 35.8 Å². The number of hydrogen-bond acceptors (Lipinski definition) is 7. The molecule has 0 saturated carbocycles. The first-order chi connectivity index (χ1) is 18.1. The number of aromatic nitrogens is 7. The smallest absolute Gasteiger partial charge is 0.283 e. The lowest BCUT2D eigenvalue weighted by Crippen LogP contribution is -2.25. The molecular weight excluding hydrogens is 491 g/mol. The number of carbonyl (C=O) groups excluding carboxylic acids is 1. The van der Waals surface area contributed by atoms with Crippen LogP contribution in [0.25, 0.3) is 27.8 Å². The molecule has 0 bridgehead atoms. The topological polar surface area (TPSA) is 154 Å². The van der Waals surface area contributed by atoms with E-state index in [4.69, 9.17) is 0 Å². The number of H-pyrrole nitrogens is 2. The normalized spacial score (nSPS) is 11.7. The van der Waals surface area contributed by atoms with E-state index in [1.165, 1.54) is 30.7 Å². The van der Waals surface area contributed by atoms with Crippen LogP contribution in [0, 0.1) is 12.7 Å². The van der Waals surface area contributed by atoms with E-state index in [0.29, 0.717) is 16.6 Å². The lowest BCUT2D eigenvalue weighted by Gasteiger charge is -2.20. The van der Waals surface area contributed by atoms with Gasteiger partial charge in [0.25, 0.3) is 11.5 Å². The third-order valence-electron chi connectivity index (χ3n) is 6.33. The quantitative estimate of drug-likeness (QED) is 0.279. The van der Waals surface area contributed by atoms with E-state index in [9.17, 15) is 14.7 Å². The first-order valence-corrected chi connectivity index (χ1v) is 11.8. The molecule has 4 N–H and O–H groups in total. The maximum atomic E-state index is 15.1. The van der Waals surface area contributed by atoms with Crippen LogP contribution in [0.15, 0.2) is 47.8 Å². The number of nitrogens with zero attached hydrogens (tertiary/aromatic N) is 5. The van der Waals surface area contributed by atoms with E-state index in [1.54, 1.807) is 12.3 Å². The fraction of sp³-hybridized carbons (Fsp3) is 0.231. The van der Waals surface area contributed by atoms with Gasteiger partial charge in [0.05, 0.1) is 47.5 Å². The zero-order valence-electron chi connectivity index (χ0n) is 21.1. The monoisotopic (exact) mass is 516 g/mol. The molecule has 4 aromatic heterocycles. The number of rotatable bonds is 5. The Morgan fingerprint density at radius 3 is 2.61 bits per heavy atom. The van der Waals surface area contributed by atoms with Gasteiger partial charge < -0.3 is 10.4 Å². The van der Waals surface area contributed by atoms with Gasteiger partial charge in [0.2, 0.25) is 0 Å².